The van der Waals surface area contributed by atoms with Gasteiger partial charge in [0, 0.05) is 18.4 Å². The van der Waals surface area contributed by atoms with E-state index >= 15 is 0 Å². The molecule has 2 aromatic rings. The molecule has 2 N–H and O–H groups in total. The molecule has 7 heteroatoms. The summed E-state index contributed by atoms with van der Waals surface area (Å²) in [4.78, 5) is 35.6. The molecule has 0 aliphatic rings. The van der Waals surface area contributed by atoms with Crippen LogP contribution in [0.1, 0.15) is 34.3 Å². The number of ether oxygens (including phenoxy) is 1. The molecule has 0 bridgehead atoms. The molecular weight excluding hydrogens is 351 g/mol. The molecule has 2 aromatic carbocycles. The van der Waals surface area contributed by atoms with E-state index in [0.29, 0.717) is 5.56 Å². The van der Waals surface area contributed by atoms with Crippen molar-refractivity contribution in [3.05, 3.63) is 65.0 Å². The van der Waals surface area contributed by atoms with E-state index in [0.717, 1.165) is 11.1 Å². The Morgan fingerprint density at radius 3 is 2.41 bits per heavy atom. The average Bonchev–Trinajstić information content (AvgIpc) is 2.65. The first-order chi connectivity index (χ1) is 12.9. The van der Waals surface area contributed by atoms with Crippen molar-refractivity contribution in [1.82, 2.24) is 10.9 Å². The summed E-state index contributed by atoms with van der Waals surface area (Å²) in [5.74, 6) is -1.93. The van der Waals surface area contributed by atoms with E-state index in [2.05, 4.69) is 10.9 Å². The van der Waals surface area contributed by atoms with Gasteiger partial charge in [-0.1, -0.05) is 29.8 Å². The maximum atomic E-state index is 13.4. The van der Waals surface area contributed by atoms with Gasteiger partial charge in [0.05, 0.1) is 0 Å². The summed E-state index contributed by atoms with van der Waals surface area (Å²) in [6.45, 7) is 3.27. The zero-order valence-corrected chi connectivity index (χ0v) is 15.2. The van der Waals surface area contributed by atoms with Gasteiger partial charge in [0.1, 0.15) is 0 Å². The zero-order chi connectivity index (χ0) is 19.8. The van der Waals surface area contributed by atoms with Gasteiger partial charge < -0.3 is 4.74 Å². The van der Waals surface area contributed by atoms with Crippen LogP contribution in [0.2, 0.25) is 0 Å². The minimum Gasteiger partial charge on any atom is -0.481 e. The zero-order valence-electron chi connectivity index (χ0n) is 15.2. The van der Waals surface area contributed by atoms with E-state index in [-0.39, 0.29) is 24.4 Å². The number of hydrogen-bond donors (Lipinski definition) is 2. The Kier molecular flexibility index (Phi) is 7.05. The van der Waals surface area contributed by atoms with Crippen LogP contribution in [0.4, 0.5) is 4.39 Å². The smallest absolute Gasteiger partial charge is 0.276 e. The van der Waals surface area contributed by atoms with Gasteiger partial charge in [-0.05, 0) is 37.6 Å². The van der Waals surface area contributed by atoms with Crippen LogP contribution in [0.15, 0.2) is 42.5 Å². The summed E-state index contributed by atoms with van der Waals surface area (Å²) in [5.41, 5.74) is 6.77. The lowest BCUT2D eigenvalue weighted by atomic mass is 9.99. The van der Waals surface area contributed by atoms with Crippen LogP contribution < -0.4 is 15.6 Å². The first kappa shape index (κ1) is 20.1. The highest BCUT2D eigenvalue weighted by Gasteiger charge is 2.13. The molecule has 142 valence electrons. The maximum absolute atomic E-state index is 13.4. The number of rotatable bonds is 7. The van der Waals surface area contributed by atoms with Crippen LogP contribution in [-0.4, -0.2) is 24.2 Å². The Hall–Kier alpha value is -3.22. The van der Waals surface area contributed by atoms with E-state index in [1.807, 2.05) is 26.0 Å². The van der Waals surface area contributed by atoms with E-state index < -0.39 is 24.2 Å². The molecule has 0 saturated heterocycles. The van der Waals surface area contributed by atoms with Gasteiger partial charge in [0.2, 0.25) is 5.91 Å². The fourth-order valence-corrected chi connectivity index (χ4v) is 2.34. The molecule has 0 heterocycles. The fourth-order valence-electron chi connectivity index (χ4n) is 2.34. The number of aryl methyl sites for hydroxylation is 2. The van der Waals surface area contributed by atoms with Crippen molar-refractivity contribution in [3.8, 4) is 5.75 Å². The lowest BCUT2D eigenvalue weighted by Gasteiger charge is -2.09. The van der Waals surface area contributed by atoms with Crippen molar-refractivity contribution in [2.24, 2.45) is 0 Å². The molecule has 0 aliphatic heterocycles. The third-order valence-electron chi connectivity index (χ3n) is 3.81. The van der Waals surface area contributed by atoms with Crippen molar-refractivity contribution < 1.29 is 23.5 Å². The van der Waals surface area contributed by atoms with E-state index in [4.69, 9.17) is 4.74 Å². The molecule has 2 rings (SSSR count). The second-order valence-electron chi connectivity index (χ2n) is 6.06. The third-order valence-corrected chi connectivity index (χ3v) is 3.81. The highest BCUT2D eigenvalue weighted by molar-refractivity contribution is 5.99. The van der Waals surface area contributed by atoms with Gasteiger partial charge in [-0.2, -0.15) is 0 Å². The van der Waals surface area contributed by atoms with Gasteiger partial charge in [0.25, 0.3) is 5.91 Å². The first-order valence-electron chi connectivity index (χ1n) is 8.42. The largest absolute Gasteiger partial charge is 0.481 e. The molecule has 0 saturated carbocycles. The number of hydrazine groups is 1. The quantitative estimate of drug-likeness (QED) is 0.578. The van der Waals surface area contributed by atoms with Crippen molar-refractivity contribution >= 4 is 17.6 Å². The number of benzene rings is 2. The van der Waals surface area contributed by atoms with Crippen LogP contribution in [0.25, 0.3) is 0 Å². The first-order valence-corrected chi connectivity index (χ1v) is 8.42. The number of amides is 2. The predicted octanol–water partition coefficient (Wildman–Crippen LogP) is 2.63. The molecule has 0 aromatic heterocycles. The minimum absolute atomic E-state index is 0.0255. The van der Waals surface area contributed by atoms with E-state index in [9.17, 15) is 18.8 Å². The number of halogens is 1. The molecule has 0 spiro atoms. The Bertz CT molecular complexity index is 852. The monoisotopic (exact) mass is 372 g/mol. The Morgan fingerprint density at radius 2 is 1.67 bits per heavy atom. The predicted molar refractivity (Wildman–Crippen MR) is 97.7 cm³/mol. The molecular formula is C20H21FN2O4. The molecule has 27 heavy (non-hydrogen) atoms. The maximum Gasteiger partial charge on any atom is 0.276 e. The third kappa shape index (κ3) is 6.22. The summed E-state index contributed by atoms with van der Waals surface area (Å²) in [5, 5.41) is 0. The number of nitrogens with one attached hydrogen (secondary N) is 2. The van der Waals surface area contributed by atoms with Gasteiger partial charge >= 0.3 is 0 Å². The summed E-state index contributed by atoms with van der Waals surface area (Å²) >= 11 is 0. The molecule has 0 unspecified atom stereocenters. The lowest BCUT2D eigenvalue weighted by Crippen LogP contribution is -2.43. The van der Waals surface area contributed by atoms with Crippen LogP contribution >= 0.6 is 0 Å². The van der Waals surface area contributed by atoms with Gasteiger partial charge in [-0.15, -0.1) is 0 Å². The summed E-state index contributed by atoms with van der Waals surface area (Å²) < 4.78 is 18.4. The molecule has 0 aliphatic carbocycles. The number of ketones is 1. The fraction of sp³-hybridized carbons (Fsp3) is 0.250. The van der Waals surface area contributed by atoms with Gasteiger partial charge in [0.15, 0.2) is 24.0 Å². The molecule has 6 nitrogen and oxygen atoms in total. The van der Waals surface area contributed by atoms with Crippen molar-refractivity contribution in [2.75, 3.05) is 6.61 Å². The van der Waals surface area contributed by atoms with E-state index in [1.54, 1.807) is 12.1 Å². The Balaban J connectivity index is 1.72. The normalized spacial score (nSPS) is 10.2. The number of carbonyl (C=O) groups is 3. The SMILES string of the molecule is Cc1ccc(C)c(C(=O)CCC(=O)NNC(=O)COc2ccccc2F)c1. The summed E-state index contributed by atoms with van der Waals surface area (Å²) in [7, 11) is 0. The second-order valence-corrected chi connectivity index (χ2v) is 6.06. The minimum atomic E-state index is -0.646. The van der Waals surface area contributed by atoms with Gasteiger partial charge in [-0.3, -0.25) is 25.2 Å². The van der Waals surface area contributed by atoms with Crippen LogP contribution in [0, 0.1) is 19.7 Å². The van der Waals surface area contributed by atoms with Crippen molar-refractivity contribution in [1.29, 1.82) is 0 Å². The Morgan fingerprint density at radius 1 is 0.963 bits per heavy atom. The van der Waals surface area contributed by atoms with Crippen molar-refractivity contribution in [2.45, 2.75) is 26.7 Å². The van der Waals surface area contributed by atoms with Gasteiger partial charge in [-0.25, -0.2) is 4.39 Å². The summed E-state index contributed by atoms with van der Waals surface area (Å²) in [6.07, 6.45) is -0.0433. The highest BCUT2D eigenvalue weighted by atomic mass is 19.1. The van der Waals surface area contributed by atoms with Crippen LogP contribution in [-0.2, 0) is 9.59 Å². The molecule has 0 radical (unpaired) electrons. The average molecular weight is 372 g/mol. The number of Topliss-reactive ketones (excluding diaryl/α,β-unsaturated/α-hetero) is 1. The van der Waals surface area contributed by atoms with Crippen molar-refractivity contribution in [3.63, 3.8) is 0 Å². The van der Waals surface area contributed by atoms with Crippen LogP contribution in [0.3, 0.4) is 0 Å². The van der Waals surface area contributed by atoms with E-state index in [1.165, 1.54) is 18.2 Å². The highest BCUT2D eigenvalue weighted by Crippen LogP contribution is 2.15. The number of para-hydroxylation sites is 1. The molecule has 2 amide bonds. The molecule has 0 fully saturated rings. The number of carbonyl (C=O) groups excluding carboxylic acids is 3. The lowest BCUT2D eigenvalue weighted by molar-refractivity contribution is -0.130. The number of hydrogen-bond acceptors (Lipinski definition) is 4. The standard InChI is InChI=1S/C20H21FN2O4/c1-13-7-8-14(2)15(11-13)17(24)9-10-19(25)22-23-20(26)12-27-18-6-4-3-5-16(18)21/h3-8,11H,9-10,12H2,1-2H3,(H,22,25)(H,23,26). The Labute approximate surface area is 156 Å². The topological polar surface area (TPSA) is 84.5 Å². The summed E-state index contributed by atoms with van der Waals surface area (Å²) in [6, 6.07) is 11.2. The molecule has 0 atom stereocenters. The second kappa shape index (κ2) is 9.47. The van der Waals surface area contributed by atoms with Crippen LogP contribution in [0.5, 0.6) is 5.75 Å².